The number of carbonyl (C=O) groups is 2. The van der Waals surface area contributed by atoms with Gasteiger partial charge in [0.1, 0.15) is 0 Å². The number of amides is 2. The van der Waals surface area contributed by atoms with Crippen molar-refractivity contribution in [2.75, 3.05) is 11.1 Å². The number of aromatic nitrogens is 3. The summed E-state index contributed by atoms with van der Waals surface area (Å²) in [6.45, 7) is 1.80. The molecule has 0 saturated carbocycles. The third-order valence-corrected chi connectivity index (χ3v) is 6.48. The van der Waals surface area contributed by atoms with Crippen molar-refractivity contribution >= 4 is 68.4 Å². The maximum atomic E-state index is 12.5. The number of benzene rings is 2. The van der Waals surface area contributed by atoms with Crippen molar-refractivity contribution in [3.05, 3.63) is 68.4 Å². The molecular formula is C20H18BrCl2N5O2S. The van der Waals surface area contributed by atoms with Crippen LogP contribution in [-0.4, -0.2) is 32.3 Å². The molecule has 2 aromatic carbocycles. The lowest BCUT2D eigenvalue weighted by Gasteiger charge is -2.14. The molecule has 0 aliphatic heterocycles. The zero-order valence-corrected chi connectivity index (χ0v) is 20.4. The number of nitrogens with zero attached hydrogens (tertiary/aromatic N) is 3. The molecular weight excluding hydrogens is 525 g/mol. The van der Waals surface area contributed by atoms with Gasteiger partial charge < -0.3 is 15.2 Å². The quantitative estimate of drug-likeness (QED) is 0.405. The van der Waals surface area contributed by atoms with E-state index in [4.69, 9.17) is 23.2 Å². The van der Waals surface area contributed by atoms with Crippen molar-refractivity contribution in [3.8, 4) is 0 Å². The van der Waals surface area contributed by atoms with E-state index >= 15 is 0 Å². The lowest BCUT2D eigenvalue weighted by molar-refractivity contribution is -0.113. The van der Waals surface area contributed by atoms with Gasteiger partial charge in [-0.15, -0.1) is 10.2 Å². The number of rotatable bonds is 7. The van der Waals surface area contributed by atoms with Gasteiger partial charge in [0.15, 0.2) is 11.0 Å². The predicted molar refractivity (Wildman–Crippen MR) is 127 cm³/mol. The normalized spacial score (nSPS) is 11.8. The molecule has 11 heteroatoms. The van der Waals surface area contributed by atoms with E-state index in [2.05, 4.69) is 36.8 Å². The van der Waals surface area contributed by atoms with Crippen LogP contribution in [0.2, 0.25) is 10.0 Å². The average molecular weight is 543 g/mol. The van der Waals surface area contributed by atoms with Crippen molar-refractivity contribution < 1.29 is 9.59 Å². The van der Waals surface area contributed by atoms with Gasteiger partial charge in [0.25, 0.3) is 5.91 Å². The lowest BCUT2D eigenvalue weighted by atomic mass is 10.2. The van der Waals surface area contributed by atoms with E-state index in [0.717, 1.165) is 4.47 Å². The monoisotopic (exact) mass is 541 g/mol. The van der Waals surface area contributed by atoms with Crippen LogP contribution in [0.5, 0.6) is 0 Å². The van der Waals surface area contributed by atoms with Gasteiger partial charge in [0, 0.05) is 22.8 Å². The summed E-state index contributed by atoms with van der Waals surface area (Å²) in [6.07, 6.45) is 0. The number of hydrogen-bond donors (Lipinski definition) is 2. The number of anilines is 1. The van der Waals surface area contributed by atoms with Gasteiger partial charge in [-0.1, -0.05) is 57.0 Å². The van der Waals surface area contributed by atoms with Crippen LogP contribution in [0.1, 0.15) is 29.1 Å². The first-order valence-electron chi connectivity index (χ1n) is 9.08. The van der Waals surface area contributed by atoms with Gasteiger partial charge in [-0.05, 0) is 43.3 Å². The van der Waals surface area contributed by atoms with Crippen LogP contribution < -0.4 is 10.6 Å². The Balaban J connectivity index is 1.59. The minimum atomic E-state index is -0.413. The molecule has 0 spiro atoms. The summed E-state index contributed by atoms with van der Waals surface area (Å²) in [5.41, 5.74) is 1.10. The molecule has 0 fully saturated rings. The second-order valence-corrected chi connectivity index (χ2v) is 9.24. The van der Waals surface area contributed by atoms with E-state index in [-0.39, 0.29) is 17.6 Å². The van der Waals surface area contributed by atoms with Crippen molar-refractivity contribution in [1.29, 1.82) is 0 Å². The summed E-state index contributed by atoms with van der Waals surface area (Å²) >= 11 is 16.5. The van der Waals surface area contributed by atoms with Gasteiger partial charge in [-0.2, -0.15) is 0 Å². The third-order valence-electron chi connectivity index (χ3n) is 4.23. The minimum Gasteiger partial charge on any atom is -0.342 e. The van der Waals surface area contributed by atoms with E-state index in [1.54, 1.807) is 30.7 Å². The summed E-state index contributed by atoms with van der Waals surface area (Å²) in [5.74, 6) is 0.260. The molecule has 0 aliphatic carbocycles. The van der Waals surface area contributed by atoms with Crippen LogP contribution in [0.25, 0.3) is 0 Å². The summed E-state index contributed by atoms with van der Waals surface area (Å²) in [4.78, 5) is 24.7. The van der Waals surface area contributed by atoms with Gasteiger partial charge in [0.05, 0.1) is 21.8 Å². The Bertz CT molecular complexity index is 1120. The van der Waals surface area contributed by atoms with E-state index in [0.29, 0.717) is 32.3 Å². The molecule has 1 atom stereocenters. The third kappa shape index (κ3) is 6.22. The fraction of sp³-hybridized carbons (Fsp3) is 0.200. The highest BCUT2D eigenvalue weighted by atomic mass is 79.9. The molecule has 0 radical (unpaired) electrons. The highest BCUT2D eigenvalue weighted by molar-refractivity contribution is 9.10. The van der Waals surface area contributed by atoms with Crippen molar-refractivity contribution in [2.24, 2.45) is 7.05 Å². The molecule has 2 N–H and O–H groups in total. The van der Waals surface area contributed by atoms with Crippen molar-refractivity contribution in [2.45, 2.75) is 18.1 Å². The molecule has 1 aromatic heterocycles. The Morgan fingerprint density at radius 1 is 1.16 bits per heavy atom. The SMILES string of the molecule is C[C@H](NC(=O)c1ccc(Cl)c(Cl)c1)c1nnc(SCC(=O)Nc2cccc(Br)c2)n1C. The summed E-state index contributed by atoms with van der Waals surface area (Å²) in [6, 6.07) is 11.6. The Morgan fingerprint density at radius 2 is 1.94 bits per heavy atom. The molecule has 2 amide bonds. The first-order valence-corrected chi connectivity index (χ1v) is 11.6. The Morgan fingerprint density at radius 3 is 2.65 bits per heavy atom. The van der Waals surface area contributed by atoms with Gasteiger partial charge in [-0.3, -0.25) is 9.59 Å². The zero-order valence-electron chi connectivity index (χ0n) is 16.5. The summed E-state index contributed by atoms with van der Waals surface area (Å²) in [5, 5.41) is 15.2. The lowest BCUT2D eigenvalue weighted by Crippen LogP contribution is -2.28. The fourth-order valence-electron chi connectivity index (χ4n) is 2.70. The Labute approximate surface area is 202 Å². The number of nitrogens with one attached hydrogen (secondary N) is 2. The zero-order chi connectivity index (χ0) is 22.5. The van der Waals surface area contributed by atoms with Crippen LogP contribution in [-0.2, 0) is 11.8 Å². The molecule has 3 rings (SSSR count). The van der Waals surface area contributed by atoms with E-state index in [9.17, 15) is 9.59 Å². The molecule has 1 heterocycles. The topological polar surface area (TPSA) is 88.9 Å². The Hall–Kier alpha value is -2.07. The van der Waals surface area contributed by atoms with Crippen molar-refractivity contribution in [1.82, 2.24) is 20.1 Å². The number of hydrogen-bond acceptors (Lipinski definition) is 5. The highest BCUT2D eigenvalue weighted by Gasteiger charge is 2.19. The summed E-state index contributed by atoms with van der Waals surface area (Å²) < 4.78 is 2.63. The molecule has 0 aliphatic rings. The van der Waals surface area contributed by atoms with Crippen LogP contribution in [0.15, 0.2) is 52.1 Å². The number of carbonyl (C=O) groups excluding carboxylic acids is 2. The highest BCUT2D eigenvalue weighted by Crippen LogP contribution is 2.24. The predicted octanol–water partition coefficient (Wildman–Crippen LogP) is 5.11. The van der Waals surface area contributed by atoms with E-state index < -0.39 is 6.04 Å². The maximum absolute atomic E-state index is 12.5. The smallest absolute Gasteiger partial charge is 0.251 e. The molecule has 0 saturated heterocycles. The first-order chi connectivity index (χ1) is 14.7. The second kappa shape index (κ2) is 10.5. The van der Waals surface area contributed by atoms with E-state index in [1.165, 1.54) is 17.8 Å². The number of thioether (sulfide) groups is 1. The molecule has 162 valence electrons. The van der Waals surface area contributed by atoms with Crippen LogP contribution in [0.3, 0.4) is 0 Å². The standard InChI is InChI=1S/C20H18BrCl2N5O2S/c1-11(24-19(30)12-6-7-15(22)16(23)8-12)18-26-27-20(28(18)2)31-10-17(29)25-14-5-3-4-13(21)9-14/h3-9,11H,10H2,1-2H3,(H,24,30)(H,25,29)/t11-/m0/s1. The molecule has 0 bridgehead atoms. The first kappa shape index (κ1) is 23.6. The number of halogens is 3. The van der Waals surface area contributed by atoms with Crippen LogP contribution >= 0.6 is 50.9 Å². The average Bonchev–Trinajstić information content (AvgIpc) is 3.09. The molecule has 31 heavy (non-hydrogen) atoms. The van der Waals surface area contributed by atoms with Crippen LogP contribution in [0.4, 0.5) is 5.69 Å². The van der Waals surface area contributed by atoms with Gasteiger partial charge in [-0.25, -0.2) is 0 Å². The largest absolute Gasteiger partial charge is 0.342 e. The van der Waals surface area contributed by atoms with Crippen LogP contribution in [0, 0.1) is 0 Å². The fourth-order valence-corrected chi connectivity index (χ4v) is 4.12. The van der Waals surface area contributed by atoms with Gasteiger partial charge >= 0.3 is 0 Å². The Kier molecular flexibility index (Phi) is 7.99. The second-order valence-electron chi connectivity index (χ2n) is 6.57. The minimum absolute atomic E-state index is 0.159. The molecule has 3 aromatic rings. The van der Waals surface area contributed by atoms with Crippen molar-refractivity contribution in [3.63, 3.8) is 0 Å². The molecule has 7 nitrogen and oxygen atoms in total. The van der Waals surface area contributed by atoms with E-state index in [1.807, 2.05) is 24.3 Å². The van der Waals surface area contributed by atoms with Gasteiger partial charge in [0.2, 0.25) is 5.91 Å². The summed E-state index contributed by atoms with van der Waals surface area (Å²) in [7, 11) is 1.78. The molecule has 0 unspecified atom stereocenters. The maximum Gasteiger partial charge on any atom is 0.251 e.